The van der Waals surface area contributed by atoms with Gasteiger partial charge in [-0.15, -0.1) is 11.3 Å². The van der Waals surface area contributed by atoms with E-state index in [1.165, 1.54) is 21.8 Å². The molecule has 3 rings (SSSR count). The quantitative estimate of drug-likeness (QED) is 0.763. The van der Waals surface area contributed by atoms with E-state index in [2.05, 4.69) is 26.8 Å². The van der Waals surface area contributed by atoms with Crippen molar-refractivity contribution in [3.8, 4) is 5.75 Å². The van der Waals surface area contributed by atoms with Crippen LogP contribution >= 0.6 is 27.3 Å². The Morgan fingerprint density at radius 2 is 1.96 bits per heavy atom. The molecule has 2 N–H and O–H groups in total. The van der Waals surface area contributed by atoms with Crippen molar-refractivity contribution in [1.82, 2.24) is 10.9 Å². The molecule has 1 aromatic heterocycles. The number of carbonyl (C=O) groups is 2. The molecule has 2 amide bonds. The summed E-state index contributed by atoms with van der Waals surface area (Å²) in [7, 11) is 0. The Bertz CT molecular complexity index is 736. The molecule has 0 aliphatic heterocycles. The largest absolute Gasteiger partial charge is 0.481 e. The maximum Gasteiger partial charge on any atom is 0.279 e. The summed E-state index contributed by atoms with van der Waals surface area (Å²) in [6.45, 7) is 1.63. The van der Waals surface area contributed by atoms with Crippen molar-refractivity contribution in [2.75, 3.05) is 0 Å². The molecular weight excluding hydrogens is 392 g/mol. The van der Waals surface area contributed by atoms with E-state index in [0.29, 0.717) is 10.6 Å². The average Bonchev–Trinajstić information content (AvgIpc) is 3.16. The minimum atomic E-state index is -0.722. The summed E-state index contributed by atoms with van der Waals surface area (Å²) in [5.74, 6) is -0.115. The predicted octanol–water partition coefficient (Wildman–Crippen LogP) is 3.23. The Balaban J connectivity index is 1.50. The number of fused-ring (bicyclic) bond motifs is 1. The first kappa shape index (κ1) is 17.0. The molecule has 0 saturated heterocycles. The Labute approximate surface area is 152 Å². The third-order valence-electron chi connectivity index (χ3n) is 3.77. The molecule has 7 heteroatoms. The van der Waals surface area contributed by atoms with Gasteiger partial charge in [0.15, 0.2) is 6.10 Å². The van der Waals surface area contributed by atoms with Crippen LogP contribution in [0.5, 0.6) is 5.75 Å². The summed E-state index contributed by atoms with van der Waals surface area (Å²) < 4.78 is 6.47. The van der Waals surface area contributed by atoms with Gasteiger partial charge in [0.05, 0.1) is 4.88 Å². The molecule has 1 aliphatic carbocycles. The fraction of sp³-hybridized carbons (Fsp3) is 0.294. The average molecular weight is 409 g/mol. The molecule has 0 spiro atoms. The molecule has 1 aromatic carbocycles. The second-order valence-corrected chi connectivity index (χ2v) is 7.62. The normalized spacial score (nSPS) is 13.9. The van der Waals surface area contributed by atoms with Crippen molar-refractivity contribution in [2.45, 2.75) is 32.3 Å². The third kappa shape index (κ3) is 3.96. The molecule has 2 aromatic rings. The topological polar surface area (TPSA) is 67.4 Å². The SMILES string of the molecule is C[C@@H](Oc1ccc(Br)cc1)C(=O)NNC(=O)c1cc2c(s1)CCC2. The van der Waals surface area contributed by atoms with Gasteiger partial charge in [0, 0.05) is 9.35 Å². The molecule has 0 bridgehead atoms. The highest BCUT2D eigenvalue weighted by Crippen LogP contribution is 2.30. The monoisotopic (exact) mass is 408 g/mol. The van der Waals surface area contributed by atoms with E-state index in [4.69, 9.17) is 4.74 Å². The van der Waals surface area contributed by atoms with Gasteiger partial charge >= 0.3 is 0 Å². The zero-order chi connectivity index (χ0) is 17.1. The van der Waals surface area contributed by atoms with Gasteiger partial charge in [-0.3, -0.25) is 20.4 Å². The van der Waals surface area contributed by atoms with Crippen LogP contribution < -0.4 is 15.6 Å². The Hall–Kier alpha value is -1.86. The Morgan fingerprint density at radius 1 is 1.21 bits per heavy atom. The number of aryl methyl sites for hydroxylation is 2. The summed E-state index contributed by atoms with van der Waals surface area (Å²) >= 11 is 4.83. The smallest absolute Gasteiger partial charge is 0.279 e. The summed E-state index contributed by atoms with van der Waals surface area (Å²) in [5, 5.41) is 0. The molecule has 0 saturated carbocycles. The molecule has 1 heterocycles. The number of hydrogen-bond acceptors (Lipinski definition) is 4. The maximum absolute atomic E-state index is 12.1. The first-order valence-electron chi connectivity index (χ1n) is 7.67. The van der Waals surface area contributed by atoms with Crippen LogP contribution in [0.4, 0.5) is 0 Å². The van der Waals surface area contributed by atoms with Gasteiger partial charge in [0.2, 0.25) is 0 Å². The van der Waals surface area contributed by atoms with Crippen LogP contribution in [-0.4, -0.2) is 17.9 Å². The zero-order valence-corrected chi connectivity index (χ0v) is 15.5. The van der Waals surface area contributed by atoms with Gasteiger partial charge in [-0.2, -0.15) is 0 Å². The van der Waals surface area contributed by atoms with Crippen LogP contribution in [0, 0.1) is 0 Å². The second-order valence-electron chi connectivity index (χ2n) is 5.57. The first-order chi connectivity index (χ1) is 11.5. The highest BCUT2D eigenvalue weighted by Gasteiger charge is 2.20. The Kier molecular flexibility index (Phi) is 5.20. The van der Waals surface area contributed by atoms with E-state index in [1.54, 1.807) is 19.1 Å². The van der Waals surface area contributed by atoms with Crippen LogP contribution in [0.25, 0.3) is 0 Å². The number of thiophene rings is 1. The summed E-state index contributed by atoms with van der Waals surface area (Å²) in [6.07, 6.45) is 2.51. The molecule has 5 nitrogen and oxygen atoms in total. The van der Waals surface area contributed by atoms with Crippen LogP contribution in [0.15, 0.2) is 34.8 Å². The number of carbonyl (C=O) groups excluding carboxylic acids is 2. The number of nitrogens with one attached hydrogen (secondary N) is 2. The number of hydrazine groups is 1. The minimum absolute atomic E-state index is 0.293. The van der Waals surface area contributed by atoms with Gasteiger partial charge in [0.25, 0.3) is 11.8 Å². The lowest BCUT2D eigenvalue weighted by Crippen LogP contribution is -2.47. The molecule has 0 radical (unpaired) electrons. The van der Waals surface area contributed by atoms with Crippen LogP contribution in [0.1, 0.15) is 33.5 Å². The summed E-state index contributed by atoms with van der Waals surface area (Å²) in [6, 6.07) is 9.10. The zero-order valence-electron chi connectivity index (χ0n) is 13.1. The fourth-order valence-corrected chi connectivity index (χ4v) is 3.91. The lowest BCUT2D eigenvalue weighted by Gasteiger charge is -2.15. The second kappa shape index (κ2) is 7.36. The van der Waals surface area contributed by atoms with Gasteiger partial charge in [0.1, 0.15) is 5.75 Å². The Morgan fingerprint density at radius 3 is 2.67 bits per heavy atom. The number of halogens is 1. The molecule has 0 fully saturated rings. The van der Waals surface area contributed by atoms with E-state index in [-0.39, 0.29) is 5.91 Å². The minimum Gasteiger partial charge on any atom is -0.481 e. The number of amides is 2. The third-order valence-corrected chi connectivity index (χ3v) is 5.53. The van der Waals surface area contributed by atoms with Gasteiger partial charge in [-0.25, -0.2) is 0 Å². The van der Waals surface area contributed by atoms with E-state index < -0.39 is 12.0 Å². The van der Waals surface area contributed by atoms with Crippen molar-refractivity contribution >= 4 is 39.1 Å². The summed E-state index contributed by atoms with van der Waals surface area (Å²) in [4.78, 5) is 26.0. The molecule has 126 valence electrons. The number of ether oxygens (including phenoxy) is 1. The van der Waals surface area contributed by atoms with Crippen LogP contribution in [0.3, 0.4) is 0 Å². The summed E-state index contributed by atoms with van der Waals surface area (Å²) in [5.41, 5.74) is 6.11. The first-order valence-corrected chi connectivity index (χ1v) is 9.28. The van der Waals surface area contributed by atoms with E-state index >= 15 is 0 Å². The molecular formula is C17H17BrN2O3S. The standard InChI is InChI=1S/C17H17BrN2O3S/c1-10(23-13-7-5-12(18)6-8-13)16(21)19-20-17(22)15-9-11-3-2-4-14(11)24-15/h5-10H,2-4H2,1H3,(H,19,21)(H,20,22)/t10-/m1/s1. The van der Waals surface area contributed by atoms with E-state index in [9.17, 15) is 9.59 Å². The van der Waals surface area contributed by atoms with Crippen LogP contribution in [0.2, 0.25) is 0 Å². The highest BCUT2D eigenvalue weighted by molar-refractivity contribution is 9.10. The van der Waals surface area contributed by atoms with Gasteiger partial charge in [-0.1, -0.05) is 15.9 Å². The van der Waals surface area contributed by atoms with E-state index in [0.717, 1.165) is 23.7 Å². The van der Waals surface area contributed by atoms with Crippen LogP contribution in [-0.2, 0) is 17.6 Å². The van der Waals surface area contributed by atoms with Crippen molar-refractivity contribution in [1.29, 1.82) is 0 Å². The predicted molar refractivity (Wildman–Crippen MR) is 96.2 cm³/mol. The van der Waals surface area contributed by atoms with E-state index in [1.807, 2.05) is 18.2 Å². The van der Waals surface area contributed by atoms with Crippen molar-refractivity contribution in [2.24, 2.45) is 0 Å². The number of benzene rings is 1. The van der Waals surface area contributed by atoms with Gasteiger partial charge < -0.3 is 4.74 Å². The van der Waals surface area contributed by atoms with Gasteiger partial charge in [-0.05, 0) is 62.1 Å². The molecule has 0 unspecified atom stereocenters. The lowest BCUT2D eigenvalue weighted by atomic mass is 10.2. The van der Waals surface area contributed by atoms with Crippen molar-refractivity contribution in [3.63, 3.8) is 0 Å². The highest BCUT2D eigenvalue weighted by atomic mass is 79.9. The molecule has 24 heavy (non-hydrogen) atoms. The molecule has 1 aliphatic rings. The fourth-order valence-electron chi connectivity index (χ4n) is 2.49. The number of rotatable bonds is 4. The van der Waals surface area contributed by atoms with Crippen molar-refractivity contribution < 1.29 is 14.3 Å². The lowest BCUT2D eigenvalue weighted by molar-refractivity contribution is -0.128. The van der Waals surface area contributed by atoms with Crippen molar-refractivity contribution in [3.05, 3.63) is 50.1 Å². The molecule has 1 atom stereocenters. The number of hydrogen-bond donors (Lipinski definition) is 2. The maximum atomic E-state index is 12.1.